The molecule has 0 aliphatic rings. The molecule has 0 saturated heterocycles. The molecule has 2 aromatic rings. The fourth-order valence-electron chi connectivity index (χ4n) is 2.16. The number of allylic oxidation sites excluding steroid dienone is 3. The average Bonchev–Trinajstić information content (AvgIpc) is 2.50. The van der Waals surface area contributed by atoms with E-state index in [-0.39, 0.29) is 5.63 Å². The van der Waals surface area contributed by atoms with Gasteiger partial charge < -0.3 is 9.15 Å². The first kappa shape index (κ1) is 17.8. The number of hydrogen-bond donors (Lipinski definition) is 0. The molecule has 23 heavy (non-hydrogen) atoms. The van der Waals surface area contributed by atoms with E-state index in [0.717, 1.165) is 27.5 Å². The lowest BCUT2D eigenvalue weighted by molar-refractivity contribution is 0.358. The van der Waals surface area contributed by atoms with E-state index in [4.69, 9.17) is 9.15 Å². The van der Waals surface area contributed by atoms with E-state index >= 15 is 0 Å². The van der Waals surface area contributed by atoms with Crippen LogP contribution in [0.4, 0.5) is 0 Å². The van der Waals surface area contributed by atoms with Crippen LogP contribution in [0.1, 0.15) is 33.6 Å². The minimum Gasteiger partial charge on any atom is -0.488 e. The maximum absolute atomic E-state index is 11.4. The first-order valence-corrected chi connectivity index (χ1v) is 8.69. The van der Waals surface area contributed by atoms with E-state index in [2.05, 4.69) is 55.5 Å². The molecule has 0 saturated carbocycles. The molecule has 0 amide bonds. The van der Waals surface area contributed by atoms with E-state index in [1.807, 2.05) is 12.1 Å². The molecule has 1 heterocycles. The van der Waals surface area contributed by atoms with Gasteiger partial charge in [-0.15, -0.1) is 0 Å². The van der Waals surface area contributed by atoms with Crippen molar-refractivity contribution in [2.45, 2.75) is 33.6 Å². The van der Waals surface area contributed by atoms with Crippen molar-refractivity contribution in [3.8, 4) is 5.75 Å². The summed E-state index contributed by atoms with van der Waals surface area (Å²) in [4.78, 5) is 11.4. The average molecular weight is 424 g/mol. The molecule has 1 aromatic carbocycles. The van der Waals surface area contributed by atoms with E-state index in [1.54, 1.807) is 6.07 Å². The standard InChI is InChI=1S/C19H21IO3/c1-13(2)5-4-6-14(3)11-12-22-16-9-7-15-8-10-17(21)23-19(15)18(16)20/h5,7-11H,4,6,12H2,1-3H3/b14-11+. The van der Waals surface area contributed by atoms with Gasteiger partial charge in [0, 0.05) is 11.5 Å². The Labute approximate surface area is 150 Å². The van der Waals surface area contributed by atoms with Crippen LogP contribution in [0.3, 0.4) is 0 Å². The summed E-state index contributed by atoms with van der Waals surface area (Å²) >= 11 is 2.16. The number of fused-ring (bicyclic) bond motifs is 1. The Kier molecular flexibility index (Phi) is 6.45. The Morgan fingerprint density at radius 2 is 1.91 bits per heavy atom. The predicted molar refractivity (Wildman–Crippen MR) is 103 cm³/mol. The Bertz CT molecular complexity index is 796. The SMILES string of the molecule is CC(C)=CCC/C(C)=C/COc1ccc2ccc(=O)oc2c1I. The molecule has 0 N–H and O–H groups in total. The first-order valence-electron chi connectivity index (χ1n) is 7.61. The van der Waals surface area contributed by atoms with Gasteiger partial charge >= 0.3 is 5.63 Å². The normalized spacial score (nSPS) is 11.6. The lowest BCUT2D eigenvalue weighted by atomic mass is 10.1. The van der Waals surface area contributed by atoms with Crippen molar-refractivity contribution >= 4 is 33.6 Å². The van der Waals surface area contributed by atoms with Crippen LogP contribution in [0, 0.1) is 3.57 Å². The lowest BCUT2D eigenvalue weighted by Gasteiger charge is -2.08. The molecule has 4 heteroatoms. The maximum atomic E-state index is 11.4. The summed E-state index contributed by atoms with van der Waals surface area (Å²) in [7, 11) is 0. The van der Waals surface area contributed by atoms with Crippen molar-refractivity contribution in [2.24, 2.45) is 0 Å². The van der Waals surface area contributed by atoms with E-state index in [9.17, 15) is 4.79 Å². The smallest absolute Gasteiger partial charge is 0.336 e. The van der Waals surface area contributed by atoms with Gasteiger partial charge in [-0.25, -0.2) is 4.79 Å². The second-order valence-electron chi connectivity index (χ2n) is 5.73. The number of ether oxygens (including phenoxy) is 1. The molecular weight excluding hydrogens is 403 g/mol. The number of hydrogen-bond acceptors (Lipinski definition) is 3. The van der Waals surface area contributed by atoms with Gasteiger partial charge in [0.1, 0.15) is 12.4 Å². The van der Waals surface area contributed by atoms with Crippen LogP contribution in [0.25, 0.3) is 11.0 Å². The summed E-state index contributed by atoms with van der Waals surface area (Å²) in [6.07, 6.45) is 6.44. The Hall–Kier alpha value is -1.56. The van der Waals surface area contributed by atoms with E-state index in [0.29, 0.717) is 12.2 Å². The van der Waals surface area contributed by atoms with Crippen molar-refractivity contribution in [2.75, 3.05) is 6.61 Å². The molecule has 0 aliphatic heterocycles. The zero-order chi connectivity index (χ0) is 16.8. The summed E-state index contributed by atoms with van der Waals surface area (Å²) < 4.78 is 11.9. The highest BCUT2D eigenvalue weighted by Gasteiger charge is 2.08. The molecule has 3 nitrogen and oxygen atoms in total. The molecule has 0 aliphatic carbocycles. The van der Waals surface area contributed by atoms with Gasteiger partial charge in [-0.3, -0.25) is 0 Å². The van der Waals surface area contributed by atoms with Gasteiger partial charge in [0.05, 0.1) is 3.57 Å². The Morgan fingerprint density at radius 1 is 1.17 bits per heavy atom. The highest BCUT2D eigenvalue weighted by Crippen LogP contribution is 2.28. The monoisotopic (exact) mass is 424 g/mol. The second-order valence-corrected chi connectivity index (χ2v) is 6.81. The summed E-state index contributed by atoms with van der Waals surface area (Å²) in [5, 5.41) is 0.898. The van der Waals surface area contributed by atoms with Gasteiger partial charge in [-0.05, 0) is 80.5 Å². The van der Waals surface area contributed by atoms with Gasteiger partial charge in [-0.1, -0.05) is 17.2 Å². The van der Waals surface area contributed by atoms with Crippen LogP contribution in [-0.4, -0.2) is 6.61 Å². The van der Waals surface area contributed by atoms with Crippen LogP contribution in [0.5, 0.6) is 5.75 Å². The summed E-state index contributed by atoms with van der Waals surface area (Å²) in [5.41, 5.74) is 2.90. The molecular formula is C19H21IO3. The molecule has 122 valence electrons. The van der Waals surface area contributed by atoms with Crippen LogP contribution in [0.15, 0.2) is 56.8 Å². The number of benzene rings is 1. The van der Waals surface area contributed by atoms with E-state index < -0.39 is 0 Å². The zero-order valence-electron chi connectivity index (χ0n) is 13.7. The lowest BCUT2D eigenvalue weighted by Crippen LogP contribution is -1.99. The third-order valence-corrected chi connectivity index (χ3v) is 4.48. The molecule has 0 radical (unpaired) electrons. The molecule has 1 aromatic heterocycles. The van der Waals surface area contributed by atoms with E-state index in [1.165, 1.54) is 17.2 Å². The fraction of sp³-hybridized carbons (Fsp3) is 0.316. The van der Waals surface area contributed by atoms with Gasteiger partial charge in [0.2, 0.25) is 0 Å². The quantitative estimate of drug-likeness (QED) is 0.351. The van der Waals surface area contributed by atoms with Gasteiger partial charge in [0.25, 0.3) is 0 Å². The van der Waals surface area contributed by atoms with Gasteiger partial charge in [0.15, 0.2) is 5.58 Å². The predicted octanol–water partition coefficient (Wildman–Crippen LogP) is 5.47. The summed E-state index contributed by atoms with van der Waals surface area (Å²) in [6, 6.07) is 7.01. The minimum absolute atomic E-state index is 0.345. The summed E-state index contributed by atoms with van der Waals surface area (Å²) in [5.74, 6) is 0.737. The van der Waals surface area contributed by atoms with Crippen molar-refractivity contribution in [3.05, 3.63) is 61.6 Å². The number of halogens is 1. The first-order chi connectivity index (χ1) is 11.0. The van der Waals surface area contributed by atoms with Crippen LogP contribution < -0.4 is 10.4 Å². The van der Waals surface area contributed by atoms with Crippen LogP contribution >= 0.6 is 22.6 Å². The van der Waals surface area contributed by atoms with Crippen LogP contribution in [-0.2, 0) is 0 Å². The van der Waals surface area contributed by atoms with Crippen molar-refractivity contribution in [3.63, 3.8) is 0 Å². The fourth-order valence-corrected chi connectivity index (χ4v) is 2.91. The molecule has 2 rings (SSSR count). The topological polar surface area (TPSA) is 39.4 Å². The molecule has 0 spiro atoms. The molecule has 0 bridgehead atoms. The Morgan fingerprint density at radius 3 is 2.65 bits per heavy atom. The minimum atomic E-state index is -0.345. The zero-order valence-corrected chi connectivity index (χ0v) is 15.8. The van der Waals surface area contributed by atoms with Crippen molar-refractivity contribution < 1.29 is 9.15 Å². The molecule has 0 fully saturated rings. The van der Waals surface area contributed by atoms with Crippen molar-refractivity contribution in [1.82, 2.24) is 0 Å². The molecule has 0 unspecified atom stereocenters. The summed E-state index contributed by atoms with van der Waals surface area (Å²) in [6.45, 7) is 6.86. The Balaban J connectivity index is 2.03. The second kappa shape index (κ2) is 8.34. The highest BCUT2D eigenvalue weighted by molar-refractivity contribution is 14.1. The third kappa shape index (κ3) is 5.23. The number of rotatable bonds is 6. The maximum Gasteiger partial charge on any atom is 0.336 e. The third-order valence-electron chi connectivity index (χ3n) is 3.46. The largest absolute Gasteiger partial charge is 0.488 e. The van der Waals surface area contributed by atoms with Crippen molar-refractivity contribution in [1.29, 1.82) is 0 Å². The van der Waals surface area contributed by atoms with Gasteiger partial charge in [-0.2, -0.15) is 0 Å². The highest BCUT2D eigenvalue weighted by atomic mass is 127. The molecule has 0 atom stereocenters. The van der Waals surface area contributed by atoms with Crippen LogP contribution in [0.2, 0.25) is 0 Å².